The molecule has 1 rings (SSSR count). The Labute approximate surface area is 88.2 Å². The van der Waals surface area contributed by atoms with Crippen molar-refractivity contribution in [3.05, 3.63) is 24.0 Å². The molecule has 0 saturated carbocycles. The summed E-state index contributed by atoms with van der Waals surface area (Å²) < 4.78 is 0. The van der Waals surface area contributed by atoms with Crippen molar-refractivity contribution in [2.45, 2.75) is 30.1 Å². The standard InChI is InChI=1S/C10H15NO2S/c1-7(6-12)14-9-3-4-10(8(2)13)11-5-9/h3-5,7-8,12-13H,6H2,1-2H3. The lowest BCUT2D eigenvalue weighted by molar-refractivity contribution is 0.194. The van der Waals surface area contributed by atoms with Gasteiger partial charge in [0, 0.05) is 16.3 Å². The Morgan fingerprint density at radius 2 is 2.14 bits per heavy atom. The zero-order valence-corrected chi connectivity index (χ0v) is 9.16. The van der Waals surface area contributed by atoms with Gasteiger partial charge in [0.25, 0.3) is 0 Å². The SMILES string of the molecule is CC(CO)Sc1ccc(C(C)O)nc1. The lowest BCUT2D eigenvalue weighted by Crippen LogP contribution is -2.02. The molecule has 0 saturated heterocycles. The molecule has 1 aromatic rings. The zero-order valence-electron chi connectivity index (χ0n) is 8.34. The second-order valence-electron chi connectivity index (χ2n) is 3.21. The second kappa shape index (κ2) is 5.34. The topological polar surface area (TPSA) is 53.4 Å². The summed E-state index contributed by atoms with van der Waals surface area (Å²) >= 11 is 1.57. The molecule has 2 atom stereocenters. The maximum Gasteiger partial charge on any atom is 0.0931 e. The molecule has 0 spiro atoms. The number of pyridine rings is 1. The van der Waals surface area contributed by atoms with Gasteiger partial charge in [0.2, 0.25) is 0 Å². The first kappa shape index (κ1) is 11.5. The lowest BCUT2D eigenvalue weighted by atomic mass is 10.2. The lowest BCUT2D eigenvalue weighted by Gasteiger charge is -2.08. The average Bonchev–Trinajstić information content (AvgIpc) is 2.18. The van der Waals surface area contributed by atoms with E-state index in [9.17, 15) is 5.11 Å². The van der Waals surface area contributed by atoms with Crippen LogP contribution in [0.2, 0.25) is 0 Å². The van der Waals surface area contributed by atoms with Gasteiger partial charge >= 0.3 is 0 Å². The Kier molecular flexibility index (Phi) is 4.38. The maximum atomic E-state index is 9.23. The van der Waals surface area contributed by atoms with Crippen LogP contribution in [-0.2, 0) is 0 Å². The van der Waals surface area contributed by atoms with Gasteiger partial charge in [-0.1, -0.05) is 6.92 Å². The van der Waals surface area contributed by atoms with Crippen molar-refractivity contribution in [3.63, 3.8) is 0 Å². The van der Waals surface area contributed by atoms with Crippen LogP contribution < -0.4 is 0 Å². The molecule has 0 aromatic carbocycles. The number of hydrogen-bond acceptors (Lipinski definition) is 4. The van der Waals surface area contributed by atoms with Crippen molar-refractivity contribution in [1.82, 2.24) is 4.98 Å². The van der Waals surface area contributed by atoms with E-state index < -0.39 is 6.10 Å². The summed E-state index contributed by atoms with van der Waals surface area (Å²) in [6.07, 6.45) is 1.20. The van der Waals surface area contributed by atoms with Gasteiger partial charge in [0.1, 0.15) is 0 Å². The summed E-state index contributed by atoms with van der Waals surface area (Å²) in [4.78, 5) is 5.12. The highest BCUT2D eigenvalue weighted by molar-refractivity contribution is 8.00. The number of hydrogen-bond donors (Lipinski definition) is 2. The van der Waals surface area contributed by atoms with Crippen molar-refractivity contribution in [2.75, 3.05) is 6.61 Å². The Morgan fingerprint density at radius 1 is 1.43 bits per heavy atom. The highest BCUT2D eigenvalue weighted by atomic mass is 32.2. The van der Waals surface area contributed by atoms with E-state index in [1.165, 1.54) is 0 Å². The highest BCUT2D eigenvalue weighted by Crippen LogP contribution is 2.22. The largest absolute Gasteiger partial charge is 0.395 e. The first-order valence-electron chi connectivity index (χ1n) is 4.55. The third-order valence-electron chi connectivity index (χ3n) is 1.78. The molecule has 0 bridgehead atoms. The summed E-state index contributed by atoms with van der Waals surface area (Å²) in [6, 6.07) is 3.71. The third kappa shape index (κ3) is 3.29. The van der Waals surface area contributed by atoms with Crippen LogP contribution in [0.5, 0.6) is 0 Å². The van der Waals surface area contributed by atoms with Gasteiger partial charge in [0.05, 0.1) is 18.4 Å². The molecule has 3 nitrogen and oxygen atoms in total. The number of aliphatic hydroxyl groups excluding tert-OH is 2. The van der Waals surface area contributed by atoms with E-state index in [1.54, 1.807) is 30.9 Å². The van der Waals surface area contributed by atoms with E-state index in [0.717, 1.165) is 4.90 Å². The second-order valence-corrected chi connectivity index (χ2v) is 4.72. The molecule has 78 valence electrons. The first-order valence-corrected chi connectivity index (χ1v) is 5.43. The molecule has 1 heterocycles. The van der Waals surface area contributed by atoms with Crippen LogP contribution in [0.25, 0.3) is 0 Å². The summed E-state index contributed by atoms with van der Waals surface area (Å²) in [6.45, 7) is 3.79. The van der Waals surface area contributed by atoms with Crippen molar-refractivity contribution in [2.24, 2.45) is 0 Å². The Bertz CT molecular complexity index is 274. The molecule has 0 radical (unpaired) electrons. The van der Waals surface area contributed by atoms with Gasteiger partial charge < -0.3 is 10.2 Å². The van der Waals surface area contributed by atoms with Crippen LogP contribution in [0.1, 0.15) is 25.6 Å². The fraction of sp³-hybridized carbons (Fsp3) is 0.500. The number of aromatic nitrogens is 1. The third-order valence-corrected chi connectivity index (χ3v) is 2.85. The zero-order chi connectivity index (χ0) is 10.6. The van der Waals surface area contributed by atoms with Gasteiger partial charge in [-0.05, 0) is 19.1 Å². The van der Waals surface area contributed by atoms with Crippen molar-refractivity contribution in [3.8, 4) is 0 Å². The van der Waals surface area contributed by atoms with Crippen LogP contribution in [-0.4, -0.2) is 27.1 Å². The van der Waals surface area contributed by atoms with Crippen LogP contribution in [0.15, 0.2) is 23.2 Å². The molecular formula is C10H15NO2S. The van der Waals surface area contributed by atoms with Crippen molar-refractivity contribution >= 4 is 11.8 Å². The normalized spacial score (nSPS) is 15.1. The molecule has 2 N–H and O–H groups in total. The summed E-state index contributed by atoms with van der Waals surface area (Å²) in [5.74, 6) is 0. The monoisotopic (exact) mass is 213 g/mol. The van der Waals surface area contributed by atoms with Gasteiger partial charge in [-0.2, -0.15) is 0 Å². The molecule has 2 unspecified atom stereocenters. The Hall–Kier alpha value is -0.580. The fourth-order valence-electron chi connectivity index (χ4n) is 0.978. The Balaban J connectivity index is 2.64. The average molecular weight is 213 g/mol. The van der Waals surface area contributed by atoms with Gasteiger partial charge in [0.15, 0.2) is 0 Å². The van der Waals surface area contributed by atoms with E-state index in [1.807, 2.05) is 13.0 Å². The maximum absolute atomic E-state index is 9.23. The van der Waals surface area contributed by atoms with E-state index in [0.29, 0.717) is 5.69 Å². The van der Waals surface area contributed by atoms with Gasteiger partial charge in [-0.15, -0.1) is 11.8 Å². The summed E-state index contributed by atoms with van der Waals surface area (Å²) in [5, 5.41) is 18.3. The van der Waals surface area contributed by atoms with Crippen molar-refractivity contribution < 1.29 is 10.2 Å². The highest BCUT2D eigenvalue weighted by Gasteiger charge is 2.05. The predicted octanol–water partition coefficient (Wildman–Crippen LogP) is 1.61. The molecule has 0 aliphatic carbocycles. The van der Waals surface area contributed by atoms with Crippen LogP contribution in [0.4, 0.5) is 0 Å². The molecule has 4 heteroatoms. The number of rotatable bonds is 4. The van der Waals surface area contributed by atoms with E-state index in [-0.39, 0.29) is 11.9 Å². The molecule has 0 fully saturated rings. The molecule has 1 aromatic heterocycles. The fourth-order valence-corrected chi connectivity index (χ4v) is 1.78. The molecule has 0 amide bonds. The van der Waals surface area contributed by atoms with Crippen LogP contribution in [0.3, 0.4) is 0 Å². The van der Waals surface area contributed by atoms with Crippen molar-refractivity contribution in [1.29, 1.82) is 0 Å². The quantitative estimate of drug-likeness (QED) is 0.746. The molecule has 0 aliphatic heterocycles. The number of aliphatic hydroxyl groups is 2. The number of nitrogens with zero attached hydrogens (tertiary/aromatic N) is 1. The molecule has 0 aliphatic rings. The van der Waals surface area contributed by atoms with Crippen LogP contribution in [0, 0.1) is 0 Å². The predicted molar refractivity (Wildman–Crippen MR) is 57.3 cm³/mol. The van der Waals surface area contributed by atoms with E-state index in [4.69, 9.17) is 5.11 Å². The number of thioether (sulfide) groups is 1. The van der Waals surface area contributed by atoms with E-state index >= 15 is 0 Å². The van der Waals surface area contributed by atoms with Gasteiger partial charge in [-0.25, -0.2) is 0 Å². The van der Waals surface area contributed by atoms with Gasteiger partial charge in [-0.3, -0.25) is 4.98 Å². The molecular weight excluding hydrogens is 198 g/mol. The summed E-state index contributed by atoms with van der Waals surface area (Å²) in [5.41, 5.74) is 0.672. The Morgan fingerprint density at radius 3 is 2.57 bits per heavy atom. The minimum Gasteiger partial charge on any atom is -0.395 e. The van der Waals surface area contributed by atoms with Crippen LogP contribution >= 0.6 is 11.8 Å². The minimum absolute atomic E-state index is 0.156. The summed E-state index contributed by atoms with van der Waals surface area (Å²) in [7, 11) is 0. The first-order chi connectivity index (χ1) is 6.63. The molecule has 14 heavy (non-hydrogen) atoms. The van der Waals surface area contributed by atoms with E-state index in [2.05, 4.69) is 4.98 Å². The smallest absolute Gasteiger partial charge is 0.0931 e. The minimum atomic E-state index is -0.524.